The van der Waals surface area contributed by atoms with Gasteiger partial charge in [-0.05, 0) is 31.4 Å². The smallest absolute Gasteiger partial charge is 0.409 e. The predicted octanol–water partition coefficient (Wildman–Crippen LogP) is 2.05. The first-order valence-electron chi connectivity index (χ1n) is 7.61. The number of aromatic nitrogens is 1. The molecule has 0 spiro atoms. The minimum absolute atomic E-state index is 0.0879. The van der Waals surface area contributed by atoms with Crippen molar-refractivity contribution in [3.8, 4) is 0 Å². The Morgan fingerprint density at radius 2 is 2.23 bits per heavy atom. The Morgan fingerprint density at radius 3 is 2.95 bits per heavy atom. The Kier molecular flexibility index (Phi) is 4.13. The SMILES string of the molecule is CCOC(=O)N1CCC(N2Cc3ccncc3NC2=O)CC1. The maximum absolute atomic E-state index is 12.3. The van der Waals surface area contributed by atoms with E-state index in [2.05, 4.69) is 10.3 Å². The summed E-state index contributed by atoms with van der Waals surface area (Å²) in [6.07, 6.45) is 4.69. The van der Waals surface area contributed by atoms with E-state index in [4.69, 9.17) is 4.74 Å². The van der Waals surface area contributed by atoms with E-state index in [1.807, 2.05) is 11.0 Å². The minimum atomic E-state index is -0.263. The lowest BCUT2D eigenvalue weighted by atomic mass is 10.0. The number of nitrogens with one attached hydrogen (secondary N) is 1. The van der Waals surface area contributed by atoms with E-state index >= 15 is 0 Å². The van der Waals surface area contributed by atoms with Crippen LogP contribution in [0.3, 0.4) is 0 Å². The van der Waals surface area contributed by atoms with E-state index in [0.717, 1.165) is 24.1 Å². The molecule has 1 aromatic heterocycles. The summed E-state index contributed by atoms with van der Waals surface area (Å²) in [5.74, 6) is 0. The van der Waals surface area contributed by atoms with Gasteiger partial charge in [-0.25, -0.2) is 9.59 Å². The molecule has 1 N–H and O–H groups in total. The molecule has 118 valence electrons. The molecule has 1 saturated heterocycles. The van der Waals surface area contributed by atoms with Crippen molar-refractivity contribution in [2.45, 2.75) is 32.4 Å². The molecule has 0 atom stereocenters. The van der Waals surface area contributed by atoms with Crippen LogP contribution in [-0.2, 0) is 11.3 Å². The Balaban J connectivity index is 1.62. The van der Waals surface area contributed by atoms with Gasteiger partial charge in [0.05, 0.1) is 18.5 Å². The van der Waals surface area contributed by atoms with Gasteiger partial charge < -0.3 is 19.9 Å². The molecule has 0 saturated carbocycles. The fourth-order valence-corrected chi connectivity index (χ4v) is 2.99. The van der Waals surface area contributed by atoms with Crippen molar-refractivity contribution in [2.75, 3.05) is 25.0 Å². The van der Waals surface area contributed by atoms with Crippen molar-refractivity contribution in [1.82, 2.24) is 14.8 Å². The Hall–Kier alpha value is -2.31. The number of piperidine rings is 1. The standard InChI is InChI=1S/C15H20N4O3/c1-2-22-15(21)18-7-4-12(5-8-18)19-10-11-3-6-16-9-13(11)17-14(19)20/h3,6,9,12H,2,4-5,7-8,10H2,1H3,(H,17,20). The zero-order valence-electron chi connectivity index (χ0n) is 12.6. The van der Waals surface area contributed by atoms with Crippen LogP contribution >= 0.6 is 0 Å². The number of amides is 3. The predicted molar refractivity (Wildman–Crippen MR) is 80.4 cm³/mol. The third-order valence-electron chi connectivity index (χ3n) is 4.19. The number of pyridine rings is 1. The summed E-state index contributed by atoms with van der Waals surface area (Å²) >= 11 is 0. The fourth-order valence-electron chi connectivity index (χ4n) is 2.99. The Bertz CT molecular complexity index is 570. The number of urea groups is 1. The first kappa shape index (κ1) is 14.6. The highest BCUT2D eigenvalue weighted by Crippen LogP contribution is 2.27. The molecule has 0 bridgehead atoms. The lowest BCUT2D eigenvalue weighted by Gasteiger charge is -2.40. The summed E-state index contributed by atoms with van der Waals surface area (Å²) in [5, 5.41) is 2.88. The van der Waals surface area contributed by atoms with Gasteiger partial charge in [0.1, 0.15) is 0 Å². The lowest BCUT2D eigenvalue weighted by Crippen LogP contribution is -2.51. The highest BCUT2D eigenvalue weighted by Gasteiger charge is 2.32. The summed E-state index contributed by atoms with van der Waals surface area (Å²) in [6.45, 7) is 4.02. The van der Waals surface area contributed by atoms with Crippen LogP contribution < -0.4 is 5.32 Å². The molecule has 2 aliphatic heterocycles. The molecular formula is C15H20N4O3. The van der Waals surface area contributed by atoms with Gasteiger partial charge in [0.15, 0.2) is 0 Å². The number of hydrogen-bond donors (Lipinski definition) is 1. The van der Waals surface area contributed by atoms with Crippen LogP contribution in [0.5, 0.6) is 0 Å². The van der Waals surface area contributed by atoms with Crippen LogP contribution in [0, 0.1) is 0 Å². The van der Waals surface area contributed by atoms with Gasteiger partial charge in [-0.15, -0.1) is 0 Å². The van der Waals surface area contributed by atoms with Crippen LogP contribution in [0.15, 0.2) is 18.5 Å². The fraction of sp³-hybridized carbons (Fsp3) is 0.533. The second-order valence-corrected chi connectivity index (χ2v) is 5.51. The quantitative estimate of drug-likeness (QED) is 0.907. The van der Waals surface area contributed by atoms with Crippen molar-refractivity contribution in [1.29, 1.82) is 0 Å². The van der Waals surface area contributed by atoms with E-state index in [1.165, 1.54) is 0 Å². The summed E-state index contributed by atoms with van der Waals surface area (Å²) in [6, 6.07) is 1.98. The number of carbonyl (C=O) groups excluding carboxylic acids is 2. The number of carbonyl (C=O) groups is 2. The largest absolute Gasteiger partial charge is 0.450 e. The minimum Gasteiger partial charge on any atom is -0.450 e. The van der Waals surface area contributed by atoms with Crippen molar-refractivity contribution in [2.24, 2.45) is 0 Å². The second-order valence-electron chi connectivity index (χ2n) is 5.51. The van der Waals surface area contributed by atoms with Gasteiger partial charge in [-0.2, -0.15) is 0 Å². The average Bonchev–Trinajstić information content (AvgIpc) is 2.54. The number of fused-ring (bicyclic) bond motifs is 1. The molecular weight excluding hydrogens is 284 g/mol. The molecule has 1 aromatic rings. The topological polar surface area (TPSA) is 74.8 Å². The molecule has 7 heteroatoms. The summed E-state index contributed by atoms with van der Waals surface area (Å²) < 4.78 is 5.02. The van der Waals surface area contributed by atoms with Gasteiger partial charge in [-0.3, -0.25) is 4.98 Å². The molecule has 1 fully saturated rings. The maximum Gasteiger partial charge on any atom is 0.409 e. The maximum atomic E-state index is 12.3. The molecule has 3 rings (SSSR count). The Labute approximate surface area is 129 Å². The van der Waals surface area contributed by atoms with Crippen molar-refractivity contribution in [3.05, 3.63) is 24.0 Å². The molecule has 3 amide bonds. The third-order valence-corrected chi connectivity index (χ3v) is 4.19. The van der Waals surface area contributed by atoms with E-state index in [1.54, 1.807) is 24.2 Å². The van der Waals surface area contributed by atoms with Crippen LogP contribution in [0.25, 0.3) is 0 Å². The van der Waals surface area contributed by atoms with Gasteiger partial charge in [-0.1, -0.05) is 0 Å². The summed E-state index contributed by atoms with van der Waals surface area (Å²) in [5.41, 5.74) is 1.86. The van der Waals surface area contributed by atoms with Crippen LogP contribution in [0.2, 0.25) is 0 Å². The molecule has 0 aromatic carbocycles. The monoisotopic (exact) mass is 304 g/mol. The first-order chi connectivity index (χ1) is 10.7. The van der Waals surface area contributed by atoms with Crippen LogP contribution in [-0.4, -0.2) is 52.6 Å². The average molecular weight is 304 g/mol. The number of ether oxygens (including phenoxy) is 1. The second kappa shape index (κ2) is 6.21. The van der Waals surface area contributed by atoms with E-state index < -0.39 is 0 Å². The molecule has 3 heterocycles. The molecule has 2 aliphatic rings. The van der Waals surface area contributed by atoms with Crippen LogP contribution in [0.4, 0.5) is 15.3 Å². The first-order valence-corrected chi connectivity index (χ1v) is 7.61. The zero-order chi connectivity index (χ0) is 15.5. The van der Waals surface area contributed by atoms with Crippen molar-refractivity contribution < 1.29 is 14.3 Å². The molecule has 7 nitrogen and oxygen atoms in total. The van der Waals surface area contributed by atoms with E-state index in [-0.39, 0.29) is 18.2 Å². The van der Waals surface area contributed by atoms with Gasteiger partial charge in [0, 0.05) is 31.9 Å². The molecule has 0 unspecified atom stereocenters. The van der Waals surface area contributed by atoms with Crippen molar-refractivity contribution >= 4 is 17.8 Å². The molecule has 0 radical (unpaired) electrons. The van der Waals surface area contributed by atoms with Crippen LogP contribution in [0.1, 0.15) is 25.3 Å². The Morgan fingerprint density at radius 1 is 1.45 bits per heavy atom. The number of anilines is 1. The van der Waals surface area contributed by atoms with E-state index in [9.17, 15) is 9.59 Å². The summed E-state index contributed by atoms with van der Waals surface area (Å²) in [4.78, 5) is 31.6. The normalized spacial score (nSPS) is 18.7. The number of nitrogens with zero attached hydrogens (tertiary/aromatic N) is 3. The van der Waals surface area contributed by atoms with Gasteiger partial charge in [0.25, 0.3) is 0 Å². The molecule has 22 heavy (non-hydrogen) atoms. The third kappa shape index (κ3) is 2.84. The van der Waals surface area contributed by atoms with Gasteiger partial charge in [0.2, 0.25) is 0 Å². The highest BCUT2D eigenvalue weighted by molar-refractivity contribution is 5.92. The van der Waals surface area contributed by atoms with Gasteiger partial charge >= 0.3 is 12.1 Å². The van der Waals surface area contributed by atoms with Crippen molar-refractivity contribution in [3.63, 3.8) is 0 Å². The zero-order valence-corrected chi connectivity index (χ0v) is 12.6. The summed E-state index contributed by atoms with van der Waals surface area (Å²) in [7, 11) is 0. The lowest BCUT2D eigenvalue weighted by molar-refractivity contribution is 0.0813. The molecule has 0 aliphatic carbocycles. The number of hydrogen-bond acceptors (Lipinski definition) is 4. The number of rotatable bonds is 2. The highest BCUT2D eigenvalue weighted by atomic mass is 16.6. The van der Waals surface area contributed by atoms with E-state index in [0.29, 0.717) is 26.2 Å². The number of likely N-dealkylation sites (tertiary alicyclic amines) is 1.